The highest BCUT2D eigenvalue weighted by molar-refractivity contribution is 7.89. The zero-order valence-corrected chi connectivity index (χ0v) is 11.2. The molecule has 0 unspecified atom stereocenters. The molecule has 0 fully saturated rings. The third kappa shape index (κ3) is 3.92. The number of hydrogen-bond donors (Lipinski definition) is 1. The average Bonchev–Trinajstić information content (AvgIpc) is 2.27. The highest BCUT2D eigenvalue weighted by Crippen LogP contribution is 2.27. The molecule has 0 radical (unpaired) electrons. The molecule has 0 aliphatic rings. The first kappa shape index (κ1) is 14.3. The highest BCUT2D eigenvalue weighted by atomic mass is 32.2. The number of carbonyl (C=O) groups is 1. The molecule has 0 aliphatic heterocycles. The van der Waals surface area contributed by atoms with Gasteiger partial charge in [0.05, 0.1) is 20.0 Å². The monoisotopic (exact) mass is 273 g/mol. The lowest BCUT2D eigenvalue weighted by atomic mass is 10.2. The lowest BCUT2D eigenvalue weighted by Gasteiger charge is -2.10. The van der Waals surface area contributed by atoms with Gasteiger partial charge in [0.2, 0.25) is 10.0 Å². The first-order valence-corrected chi connectivity index (χ1v) is 7.09. The van der Waals surface area contributed by atoms with Crippen molar-refractivity contribution in [2.45, 2.75) is 6.92 Å². The Morgan fingerprint density at radius 2 is 2.00 bits per heavy atom. The van der Waals surface area contributed by atoms with E-state index in [1.54, 1.807) is 6.07 Å². The minimum atomic E-state index is -3.58. The lowest BCUT2D eigenvalue weighted by Crippen LogP contribution is -2.29. The van der Waals surface area contributed by atoms with Crippen molar-refractivity contribution in [1.82, 2.24) is 4.72 Å². The van der Waals surface area contributed by atoms with Crippen LogP contribution in [0.1, 0.15) is 17.3 Å². The molecule has 0 aliphatic carbocycles. The molecule has 1 aromatic rings. The maximum absolute atomic E-state index is 11.6. The van der Waals surface area contributed by atoms with Gasteiger partial charge in [-0.15, -0.1) is 0 Å². The van der Waals surface area contributed by atoms with Crippen molar-refractivity contribution >= 4 is 15.9 Å². The van der Waals surface area contributed by atoms with Gasteiger partial charge in [-0.25, -0.2) is 13.1 Å². The lowest BCUT2D eigenvalue weighted by molar-refractivity contribution is 0.0981. The summed E-state index contributed by atoms with van der Waals surface area (Å²) in [5.74, 6) is 0.160. The van der Waals surface area contributed by atoms with Gasteiger partial charge in [-0.05, 0) is 25.1 Å². The fourth-order valence-electron chi connectivity index (χ4n) is 1.31. The Morgan fingerprint density at radius 3 is 2.50 bits per heavy atom. The van der Waals surface area contributed by atoms with Crippen molar-refractivity contribution in [2.75, 3.05) is 20.0 Å². The van der Waals surface area contributed by atoms with Gasteiger partial charge in [-0.2, -0.15) is 0 Å². The Hall–Kier alpha value is -1.76. The van der Waals surface area contributed by atoms with E-state index in [0.29, 0.717) is 18.1 Å². The summed E-state index contributed by atoms with van der Waals surface area (Å²) in [6.07, 6.45) is 0.913. The number of nitrogens with one attached hydrogen (secondary N) is 1. The van der Waals surface area contributed by atoms with Crippen LogP contribution in [0.5, 0.6) is 11.5 Å². The summed E-state index contributed by atoms with van der Waals surface area (Å²) in [4.78, 5) is 11.6. The average molecular weight is 273 g/mol. The molecule has 1 aromatic carbocycles. The predicted octanol–water partition coefficient (Wildman–Crippen LogP) is 0.783. The Labute approximate surface area is 106 Å². The smallest absolute Gasteiger partial charge is 0.264 e. The van der Waals surface area contributed by atoms with Crippen molar-refractivity contribution in [3.05, 3.63) is 23.8 Å². The molecule has 0 saturated heterocycles. The van der Waals surface area contributed by atoms with Crippen LogP contribution in [0.25, 0.3) is 0 Å². The van der Waals surface area contributed by atoms with Gasteiger partial charge >= 0.3 is 0 Å². The van der Waals surface area contributed by atoms with Gasteiger partial charge < -0.3 is 9.47 Å². The van der Waals surface area contributed by atoms with Crippen LogP contribution in [0.4, 0.5) is 0 Å². The standard InChI is InChI=1S/C11H15NO5S/c1-4-17-9-6-5-8(7-10(9)16-2)11(13)12-18(3,14)15/h5-7H,4H2,1-3H3,(H,12,13). The van der Waals surface area contributed by atoms with Crippen LogP contribution in [0.3, 0.4) is 0 Å². The Balaban J connectivity index is 3.01. The van der Waals surface area contributed by atoms with Gasteiger partial charge in [0.25, 0.3) is 5.91 Å². The largest absolute Gasteiger partial charge is 0.493 e. The molecule has 18 heavy (non-hydrogen) atoms. The molecule has 6 nitrogen and oxygen atoms in total. The fourth-order valence-corrected chi connectivity index (χ4v) is 1.77. The van der Waals surface area contributed by atoms with Crippen molar-refractivity contribution in [1.29, 1.82) is 0 Å². The number of hydrogen-bond acceptors (Lipinski definition) is 5. The maximum Gasteiger partial charge on any atom is 0.264 e. The van der Waals surface area contributed by atoms with Crippen LogP contribution in [0.15, 0.2) is 18.2 Å². The summed E-state index contributed by atoms with van der Waals surface area (Å²) in [5, 5.41) is 0. The zero-order chi connectivity index (χ0) is 13.8. The summed E-state index contributed by atoms with van der Waals surface area (Å²) >= 11 is 0. The van der Waals surface area contributed by atoms with E-state index >= 15 is 0 Å². The minimum absolute atomic E-state index is 0.181. The second-order valence-corrected chi connectivity index (χ2v) is 5.25. The fraction of sp³-hybridized carbons (Fsp3) is 0.364. The third-order valence-electron chi connectivity index (χ3n) is 2.00. The quantitative estimate of drug-likeness (QED) is 0.857. The number of benzene rings is 1. The second-order valence-electron chi connectivity index (χ2n) is 3.50. The number of sulfonamides is 1. The molecule has 0 atom stereocenters. The molecule has 0 aromatic heterocycles. The van der Waals surface area contributed by atoms with E-state index in [0.717, 1.165) is 6.26 Å². The SMILES string of the molecule is CCOc1ccc(C(=O)NS(C)(=O)=O)cc1OC. The summed E-state index contributed by atoms with van der Waals surface area (Å²) in [6.45, 7) is 2.29. The maximum atomic E-state index is 11.6. The van der Waals surface area contributed by atoms with Gasteiger partial charge in [-0.1, -0.05) is 0 Å². The van der Waals surface area contributed by atoms with Crippen LogP contribution in [0, 0.1) is 0 Å². The Morgan fingerprint density at radius 1 is 1.33 bits per heavy atom. The number of rotatable bonds is 5. The molecule has 0 heterocycles. The van der Waals surface area contributed by atoms with Crippen molar-refractivity contribution < 1.29 is 22.7 Å². The minimum Gasteiger partial charge on any atom is -0.493 e. The third-order valence-corrected chi connectivity index (χ3v) is 2.56. The predicted molar refractivity (Wildman–Crippen MR) is 66.5 cm³/mol. The molecule has 0 bridgehead atoms. The first-order valence-electron chi connectivity index (χ1n) is 5.20. The Kier molecular flexibility index (Phi) is 4.55. The number of methoxy groups -OCH3 is 1. The topological polar surface area (TPSA) is 81.7 Å². The van der Waals surface area contributed by atoms with Gasteiger partial charge in [0.15, 0.2) is 11.5 Å². The molecule has 100 valence electrons. The molecular weight excluding hydrogens is 258 g/mol. The molecule has 0 spiro atoms. The molecule has 1 amide bonds. The van der Waals surface area contributed by atoms with Crippen LogP contribution >= 0.6 is 0 Å². The number of carbonyl (C=O) groups excluding carboxylic acids is 1. The molecule has 1 N–H and O–H groups in total. The van der Waals surface area contributed by atoms with Gasteiger partial charge in [0.1, 0.15) is 0 Å². The Bertz CT molecular complexity index is 538. The van der Waals surface area contributed by atoms with Crippen molar-refractivity contribution in [3.8, 4) is 11.5 Å². The van der Waals surface area contributed by atoms with E-state index in [1.807, 2.05) is 11.6 Å². The van der Waals surface area contributed by atoms with E-state index in [2.05, 4.69) is 0 Å². The molecular formula is C11H15NO5S. The van der Waals surface area contributed by atoms with Gasteiger partial charge in [0, 0.05) is 5.56 Å². The summed E-state index contributed by atoms with van der Waals surface area (Å²) in [7, 11) is -2.14. The summed E-state index contributed by atoms with van der Waals surface area (Å²) in [5.41, 5.74) is 0.181. The van der Waals surface area contributed by atoms with Crippen molar-refractivity contribution in [2.24, 2.45) is 0 Å². The van der Waals surface area contributed by atoms with Crippen LogP contribution < -0.4 is 14.2 Å². The van der Waals surface area contributed by atoms with Crippen LogP contribution in [0.2, 0.25) is 0 Å². The first-order chi connectivity index (χ1) is 8.37. The number of amides is 1. The summed E-state index contributed by atoms with van der Waals surface area (Å²) < 4.78 is 34.1. The summed E-state index contributed by atoms with van der Waals surface area (Å²) in [6, 6.07) is 4.44. The van der Waals surface area contributed by atoms with Crippen LogP contribution in [-0.2, 0) is 10.0 Å². The molecule has 1 rings (SSSR count). The zero-order valence-electron chi connectivity index (χ0n) is 10.4. The van der Waals surface area contributed by atoms with E-state index < -0.39 is 15.9 Å². The highest BCUT2D eigenvalue weighted by Gasteiger charge is 2.14. The molecule has 0 saturated carbocycles. The normalized spacial score (nSPS) is 10.8. The van der Waals surface area contributed by atoms with Crippen molar-refractivity contribution in [3.63, 3.8) is 0 Å². The van der Waals surface area contributed by atoms with E-state index in [-0.39, 0.29) is 5.56 Å². The molecule has 7 heteroatoms. The van der Waals surface area contributed by atoms with E-state index in [9.17, 15) is 13.2 Å². The second kappa shape index (κ2) is 5.72. The van der Waals surface area contributed by atoms with Crippen LogP contribution in [-0.4, -0.2) is 34.3 Å². The van der Waals surface area contributed by atoms with Gasteiger partial charge in [-0.3, -0.25) is 4.79 Å². The van der Waals surface area contributed by atoms with E-state index in [4.69, 9.17) is 9.47 Å². The van der Waals surface area contributed by atoms with E-state index in [1.165, 1.54) is 19.2 Å². The number of ether oxygens (including phenoxy) is 2.